The first kappa shape index (κ1) is 20.5. The van der Waals surface area contributed by atoms with E-state index in [9.17, 15) is 5.21 Å². The molecule has 0 amide bonds. The molecule has 4 atom stereocenters. The van der Waals surface area contributed by atoms with E-state index in [-0.39, 0.29) is 29.7 Å². The van der Waals surface area contributed by atoms with Crippen LogP contribution in [0.5, 0.6) is 0 Å². The summed E-state index contributed by atoms with van der Waals surface area (Å²) >= 11 is 0. The molecule has 23 heavy (non-hydrogen) atoms. The predicted octanol–water partition coefficient (Wildman–Crippen LogP) is 1.98. The molecule has 1 aliphatic heterocycles. The van der Waals surface area contributed by atoms with E-state index in [1.165, 1.54) is 0 Å². The van der Waals surface area contributed by atoms with E-state index in [1.807, 2.05) is 6.08 Å². The summed E-state index contributed by atoms with van der Waals surface area (Å²) in [7, 11) is 6.44. The molecule has 0 aliphatic carbocycles. The number of rotatable bonds is 8. The molecule has 0 bridgehead atoms. The summed E-state index contributed by atoms with van der Waals surface area (Å²) < 4.78 is 21.4. The van der Waals surface area contributed by atoms with Crippen LogP contribution in [-0.2, 0) is 18.9 Å². The zero-order valence-corrected chi connectivity index (χ0v) is 15.6. The van der Waals surface area contributed by atoms with Crippen LogP contribution in [0.25, 0.3) is 0 Å². The summed E-state index contributed by atoms with van der Waals surface area (Å²) in [5.41, 5.74) is 0.0354. The quantitative estimate of drug-likeness (QED) is 0.387. The Hall–Kier alpha value is -0.500. The minimum Gasteiger partial charge on any atom is -0.632 e. The Morgan fingerprint density at radius 1 is 0.913 bits per heavy atom. The van der Waals surface area contributed by atoms with E-state index in [4.69, 9.17) is 18.9 Å². The molecule has 0 aromatic heterocycles. The maximum atomic E-state index is 13.7. The summed E-state index contributed by atoms with van der Waals surface area (Å²) in [5, 5.41) is 13.7. The molecule has 1 aliphatic rings. The lowest BCUT2D eigenvalue weighted by Crippen LogP contribution is -2.57. The van der Waals surface area contributed by atoms with Gasteiger partial charge in [-0.1, -0.05) is 26.8 Å². The van der Waals surface area contributed by atoms with E-state index >= 15 is 0 Å². The molecule has 0 aromatic carbocycles. The van der Waals surface area contributed by atoms with E-state index in [0.29, 0.717) is 19.8 Å². The summed E-state index contributed by atoms with van der Waals surface area (Å²) in [5.74, 6) is 0. The van der Waals surface area contributed by atoms with Crippen molar-refractivity contribution in [1.29, 1.82) is 0 Å². The number of nitrogens with zero attached hydrogens (tertiary/aromatic N) is 1. The Morgan fingerprint density at radius 2 is 1.35 bits per heavy atom. The Morgan fingerprint density at radius 3 is 1.65 bits per heavy atom. The van der Waals surface area contributed by atoms with Gasteiger partial charge in [-0.2, -0.15) is 0 Å². The van der Waals surface area contributed by atoms with Crippen molar-refractivity contribution in [2.24, 2.45) is 5.41 Å². The first-order valence-corrected chi connectivity index (χ1v) is 8.04. The number of methoxy groups -OCH3 is 4. The molecular weight excluding hydrogens is 298 g/mol. The van der Waals surface area contributed by atoms with Crippen molar-refractivity contribution < 1.29 is 23.6 Å². The highest BCUT2D eigenvalue weighted by molar-refractivity contribution is 4.99. The lowest BCUT2D eigenvalue weighted by atomic mass is 9.96. The molecule has 0 aromatic rings. The zero-order chi connectivity index (χ0) is 17.7. The molecule has 0 saturated carbocycles. The molecule has 1 fully saturated rings. The van der Waals surface area contributed by atoms with Gasteiger partial charge in [0.2, 0.25) is 0 Å². The van der Waals surface area contributed by atoms with Gasteiger partial charge in [0.05, 0.1) is 6.54 Å². The molecular formula is C17H33NO5. The highest BCUT2D eigenvalue weighted by Crippen LogP contribution is 2.36. The fourth-order valence-electron chi connectivity index (χ4n) is 3.39. The molecule has 0 N–H and O–H groups in total. The van der Waals surface area contributed by atoms with Gasteiger partial charge in [-0.25, -0.2) is 0 Å². The zero-order valence-electron chi connectivity index (χ0n) is 15.6. The van der Waals surface area contributed by atoms with Gasteiger partial charge in [0.15, 0.2) is 0 Å². The number of quaternary nitrogens is 1. The highest BCUT2D eigenvalue weighted by Gasteiger charge is 2.57. The van der Waals surface area contributed by atoms with Crippen LogP contribution in [-0.4, -0.2) is 77.1 Å². The third kappa shape index (κ3) is 4.75. The number of hydrogen-bond acceptors (Lipinski definition) is 5. The van der Waals surface area contributed by atoms with Crippen LogP contribution in [0.15, 0.2) is 12.2 Å². The molecule has 0 spiro atoms. The minimum absolute atomic E-state index is 0.0354. The van der Waals surface area contributed by atoms with Gasteiger partial charge < -0.3 is 28.8 Å². The van der Waals surface area contributed by atoms with Crippen molar-refractivity contribution in [3.8, 4) is 0 Å². The van der Waals surface area contributed by atoms with E-state index in [2.05, 4.69) is 26.8 Å². The second-order valence-electron chi connectivity index (χ2n) is 7.25. The molecule has 1 rings (SSSR count). The smallest absolute Gasteiger partial charge is 0.143 e. The minimum atomic E-state index is -0.453. The van der Waals surface area contributed by atoms with Gasteiger partial charge in [0.1, 0.15) is 37.5 Å². The first-order valence-electron chi connectivity index (χ1n) is 8.04. The number of allylic oxidation sites excluding steroid dienone is 1. The lowest BCUT2D eigenvalue weighted by Gasteiger charge is -2.48. The molecule has 6 nitrogen and oxygen atoms in total. The van der Waals surface area contributed by atoms with Crippen LogP contribution in [0.1, 0.15) is 20.8 Å². The molecule has 0 unspecified atom stereocenters. The fraction of sp³-hybridized carbons (Fsp3) is 0.882. The Bertz CT molecular complexity index is 360. The highest BCUT2D eigenvalue weighted by atomic mass is 16.6. The molecule has 1 heterocycles. The summed E-state index contributed by atoms with van der Waals surface area (Å²) in [6, 6.07) is -0.695. The summed E-state index contributed by atoms with van der Waals surface area (Å²) in [4.78, 5) is 0. The van der Waals surface area contributed by atoms with Crippen molar-refractivity contribution >= 4 is 0 Å². The second-order valence-corrected chi connectivity index (χ2v) is 7.25. The van der Waals surface area contributed by atoms with Crippen LogP contribution < -0.4 is 0 Å². The van der Waals surface area contributed by atoms with Crippen LogP contribution in [0, 0.1) is 10.6 Å². The SMILES string of the molecule is COC[C@H]1[C@@H](OC)[C@H](OC)[C@H](COC)[N+]1([O-])C/C=C/C(C)(C)C. The number of ether oxygens (including phenoxy) is 4. The Kier molecular flexibility index (Phi) is 7.64. The number of likely N-dealkylation sites (tertiary alicyclic amines) is 1. The Labute approximate surface area is 140 Å². The number of hydrogen-bond donors (Lipinski definition) is 0. The summed E-state index contributed by atoms with van der Waals surface area (Å²) in [6.07, 6.45) is 3.39. The monoisotopic (exact) mass is 331 g/mol. The number of hydroxylamine groups is 3. The second kappa shape index (κ2) is 8.55. The van der Waals surface area contributed by atoms with Crippen molar-refractivity contribution in [2.75, 3.05) is 48.2 Å². The first-order chi connectivity index (χ1) is 10.7. The lowest BCUT2D eigenvalue weighted by molar-refractivity contribution is -0.914. The van der Waals surface area contributed by atoms with Crippen LogP contribution >= 0.6 is 0 Å². The van der Waals surface area contributed by atoms with Crippen molar-refractivity contribution in [1.82, 2.24) is 0 Å². The van der Waals surface area contributed by atoms with E-state index < -0.39 is 4.65 Å². The average molecular weight is 331 g/mol. The largest absolute Gasteiger partial charge is 0.632 e. The van der Waals surface area contributed by atoms with Crippen LogP contribution in [0.3, 0.4) is 0 Å². The topological polar surface area (TPSA) is 60.0 Å². The van der Waals surface area contributed by atoms with Gasteiger partial charge in [-0.3, -0.25) is 0 Å². The Balaban J connectivity index is 3.14. The van der Waals surface area contributed by atoms with Crippen LogP contribution in [0.4, 0.5) is 0 Å². The maximum absolute atomic E-state index is 13.7. The summed E-state index contributed by atoms with van der Waals surface area (Å²) in [6.45, 7) is 7.32. The maximum Gasteiger partial charge on any atom is 0.143 e. The van der Waals surface area contributed by atoms with Crippen LogP contribution in [0.2, 0.25) is 0 Å². The van der Waals surface area contributed by atoms with Crippen molar-refractivity contribution in [3.63, 3.8) is 0 Å². The van der Waals surface area contributed by atoms with E-state index in [1.54, 1.807) is 28.4 Å². The van der Waals surface area contributed by atoms with Gasteiger partial charge in [0.25, 0.3) is 0 Å². The average Bonchev–Trinajstić information content (AvgIpc) is 2.68. The van der Waals surface area contributed by atoms with Crippen molar-refractivity contribution in [3.05, 3.63) is 17.4 Å². The molecule has 0 radical (unpaired) electrons. The molecule has 6 heteroatoms. The van der Waals surface area contributed by atoms with Gasteiger partial charge in [0, 0.05) is 28.4 Å². The van der Waals surface area contributed by atoms with Crippen molar-refractivity contribution in [2.45, 2.75) is 45.1 Å². The predicted molar refractivity (Wildman–Crippen MR) is 90.0 cm³/mol. The molecule has 1 saturated heterocycles. The standard InChI is InChI=1S/C17H33NO5/c1-17(2,3)9-8-10-18(19)13(11-20-4)15(22-6)16(23-7)14(18)12-21-5/h8-9,13-16H,10-12H2,1-7H3/b9-8+/t13-,14-,15+,16+/m0/s1. The molecule has 136 valence electrons. The fourth-order valence-corrected chi connectivity index (χ4v) is 3.39. The third-order valence-electron chi connectivity index (χ3n) is 4.43. The third-order valence-corrected chi connectivity index (χ3v) is 4.43. The van der Waals surface area contributed by atoms with E-state index in [0.717, 1.165) is 0 Å². The van der Waals surface area contributed by atoms with Gasteiger partial charge in [-0.15, -0.1) is 0 Å². The van der Waals surface area contributed by atoms with Gasteiger partial charge in [-0.05, 0) is 11.5 Å². The van der Waals surface area contributed by atoms with Gasteiger partial charge >= 0.3 is 0 Å². The normalized spacial score (nSPS) is 35.3.